The summed E-state index contributed by atoms with van der Waals surface area (Å²) in [4.78, 5) is 11.7. The van der Waals surface area contributed by atoms with Crippen LogP contribution in [0.3, 0.4) is 0 Å². The van der Waals surface area contributed by atoms with Gasteiger partial charge < -0.3 is 14.4 Å². The molecule has 164 valence electrons. The molecule has 0 fully saturated rings. The van der Waals surface area contributed by atoms with E-state index in [1.54, 1.807) is 23.9 Å². The van der Waals surface area contributed by atoms with E-state index in [0.29, 0.717) is 17.2 Å². The second kappa shape index (κ2) is 11.3. The molecule has 0 bridgehead atoms. The monoisotopic (exact) mass is 459 g/mol. The first-order chi connectivity index (χ1) is 15.0. The Morgan fingerprint density at radius 3 is 2.81 bits per heavy atom. The maximum absolute atomic E-state index is 10.8. The summed E-state index contributed by atoms with van der Waals surface area (Å²) in [5.41, 5.74) is 3.58. The second-order valence-corrected chi connectivity index (χ2v) is 8.55. The van der Waals surface area contributed by atoms with Crippen LogP contribution in [0, 0.1) is 0 Å². The van der Waals surface area contributed by atoms with Crippen LogP contribution in [0.4, 0.5) is 0 Å². The number of halogens is 1. The summed E-state index contributed by atoms with van der Waals surface area (Å²) in [6, 6.07) is 9.40. The minimum atomic E-state index is -0.866. The molecule has 0 spiro atoms. The van der Waals surface area contributed by atoms with Gasteiger partial charge in [0.2, 0.25) is 0 Å². The lowest BCUT2D eigenvalue weighted by Gasteiger charge is -2.10. The van der Waals surface area contributed by atoms with Gasteiger partial charge >= 0.3 is 5.97 Å². The Labute approximate surface area is 191 Å². The van der Waals surface area contributed by atoms with Crippen molar-refractivity contribution in [2.24, 2.45) is 0 Å². The summed E-state index contributed by atoms with van der Waals surface area (Å²) >= 11 is 7.86. The molecule has 0 saturated heterocycles. The molecule has 0 unspecified atom stereocenters. The molecule has 0 amide bonds. The fourth-order valence-corrected chi connectivity index (χ4v) is 4.47. The van der Waals surface area contributed by atoms with E-state index < -0.39 is 5.97 Å². The van der Waals surface area contributed by atoms with Gasteiger partial charge in [0, 0.05) is 21.6 Å². The Morgan fingerprint density at radius 1 is 1.26 bits per heavy atom. The number of aliphatic carboxylic acids is 1. The van der Waals surface area contributed by atoms with E-state index in [0.717, 1.165) is 57.9 Å². The van der Waals surface area contributed by atoms with E-state index in [9.17, 15) is 4.79 Å². The largest absolute Gasteiger partial charge is 0.489 e. The zero-order valence-electron chi connectivity index (χ0n) is 17.7. The molecule has 2 aromatic carbocycles. The zero-order chi connectivity index (χ0) is 22.2. The van der Waals surface area contributed by atoms with Gasteiger partial charge in [-0.1, -0.05) is 55.2 Å². The topological polar surface area (TPSA) is 72.6 Å². The molecule has 5 nitrogen and oxygen atoms in total. The molecular formula is C24H26ClNO4S. The Balaban J connectivity index is 1.56. The fraction of sp³-hybridized carbons (Fsp3) is 0.333. The van der Waals surface area contributed by atoms with Crippen LogP contribution in [-0.2, 0) is 24.1 Å². The molecule has 0 radical (unpaired) electrons. The summed E-state index contributed by atoms with van der Waals surface area (Å²) in [6.07, 6.45) is 6.70. The van der Waals surface area contributed by atoms with Crippen molar-refractivity contribution in [2.45, 2.75) is 44.4 Å². The number of fused-ring (bicyclic) bond motifs is 1. The first-order valence-electron chi connectivity index (χ1n) is 10.3. The normalized spacial score (nSPS) is 11.5. The van der Waals surface area contributed by atoms with E-state index >= 15 is 0 Å². The van der Waals surface area contributed by atoms with Gasteiger partial charge in [-0.25, -0.2) is 0 Å². The van der Waals surface area contributed by atoms with Crippen molar-refractivity contribution in [1.82, 2.24) is 5.16 Å². The Hall–Kier alpha value is -2.44. The standard InChI is InChI=1S/C24H26ClNO4S/c1-3-7-18-21(10-9-17-20(4-2)26-30-24(17)18)29-12-5-6-13-31-22-11-8-16(14-19(22)25)15-23(27)28/h5-6,8-11,14H,3-4,7,12-13,15H2,1-2H3,(H,27,28)/b6-5+. The molecule has 0 aliphatic carbocycles. The number of ether oxygens (including phenoxy) is 1. The minimum absolute atomic E-state index is 0.0262. The van der Waals surface area contributed by atoms with E-state index in [1.807, 2.05) is 30.4 Å². The average molecular weight is 460 g/mol. The Bertz CT molecular complexity index is 1080. The van der Waals surface area contributed by atoms with Crippen LogP contribution >= 0.6 is 23.4 Å². The van der Waals surface area contributed by atoms with Gasteiger partial charge in [-0.2, -0.15) is 0 Å². The van der Waals surface area contributed by atoms with Crippen molar-refractivity contribution in [3.8, 4) is 5.75 Å². The van der Waals surface area contributed by atoms with Crippen LogP contribution in [-0.4, -0.2) is 28.6 Å². The van der Waals surface area contributed by atoms with E-state index in [2.05, 4.69) is 19.0 Å². The maximum atomic E-state index is 10.8. The van der Waals surface area contributed by atoms with Gasteiger partial charge in [0.25, 0.3) is 0 Å². The van der Waals surface area contributed by atoms with Gasteiger partial charge in [0.1, 0.15) is 12.4 Å². The van der Waals surface area contributed by atoms with Crippen molar-refractivity contribution in [1.29, 1.82) is 0 Å². The minimum Gasteiger partial charge on any atom is -0.489 e. The molecule has 0 aliphatic heterocycles. The number of carboxylic acids is 1. The first kappa shape index (κ1) is 23.2. The van der Waals surface area contributed by atoms with Gasteiger partial charge in [0.15, 0.2) is 5.58 Å². The first-order valence-corrected chi connectivity index (χ1v) is 11.7. The molecule has 3 aromatic rings. The average Bonchev–Trinajstić information content (AvgIpc) is 3.16. The maximum Gasteiger partial charge on any atom is 0.307 e. The highest BCUT2D eigenvalue weighted by Crippen LogP contribution is 2.32. The third-order valence-electron chi connectivity index (χ3n) is 4.80. The lowest BCUT2D eigenvalue weighted by molar-refractivity contribution is -0.136. The Kier molecular flexibility index (Phi) is 8.43. The highest BCUT2D eigenvalue weighted by molar-refractivity contribution is 7.99. The van der Waals surface area contributed by atoms with Crippen molar-refractivity contribution in [3.05, 3.63) is 64.3 Å². The molecule has 1 N–H and O–H groups in total. The number of carboxylic acid groups (broad SMARTS) is 1. The number of aryl methyl sites for hydroxylation is 2. The molecule has 7 heteroatoms. The van der Waals surface area contributed by atoms with Crippen molar-refractivity contribution < 1.29 is 19.2 Å². The number of benzene rings is 2. The third-order valence-corrected chi connectivity index (χ3v) is 6.25. The number of nitrogens with zero attached hydrogens (tertiary/aromatic N) is 1. The third kappa shape index (κ3) is 6.05. The lowest BCUT2D eigenvalue weighted by Crippen LogP contribution is -1.99. The number of carbonyl (C=O) groups is 1. The highest BCUT2D eigenvalue weighted by Gasteiger charge is 2.15. The summed E-state index contributed by atoms with van der Waals surface area (Å²) in [6.45, 7) is 4.67. The van der Waals surface area contributed by atoms with Gasteiger partial charge in [-0.15, -0.1) is 11.8 Å². The van der Waals surface area contributed by atoms with Gasteiger partial charge in [0.05, 0.1) is 17.1 Å². The van der Waals surface area contributed by atoms with Crippen LogP contribution in [0.1, 0.15) is 37.1 Å². The number of aromatic nitrogens is 1. The van der Waals surface area contributed by atoms with Crippen LogP contribution < -0.4 is 4.74 Å². The number of hydrogen-bond donors (Lipinski definition) is 1. The van der Waals surface area contributed by atoms with Gasteiger partial charge in [-0.05, 0) is 42.7 Å². The van der Waals surface area contributed by atoms with Crippen LogP contribution in [0.15, 0.2) is 51.9 Å². The molecule has 0 saturated carbocycles. The summed E-state index contributed by atoms with van der Waals surface area (Å²) in [5.74, 6) is 0.710. The molecule has 1 heterocycles. The van der Waals surface area contributed by atoms with Gasteiger partial charge in [-0.3, -0.25) is 4.79 Å². The lowest BCUT2D eigenvalue weighted by atomic mass is 10.0. The molecule has 1 aromatic heterocycles. The van der Waals surface area contributed by atoms with Crippen LogP contribution in [0.2, 0.25) is 5.02 Å². The zero-order valence-corrected chi connectivity index (χ0v) is 19.3. The smallest absolute Gasteiger partial charge is 0.307 e. The number of rotatable bonds is 11. The summed E-state index contributed by atoms with van der Waals surface area (Å²) in [5, 5.41) is 14.7. The molecular weight excluding hydrogens is 434 g/mol. The predicted molar refractivity (Wildman–Crippen MR) is 126 cm³/mol. The Morgan fingerprint density at radius 2 is 2.10 bits per heavy atom. The molecule has 0 atom stereocenters. The molecule has 31 heavy (non-hydrogen) atoms. The SMILES string of the molecule is CCCc1c(OC/C=C/CSc2ccc(CC(=O)O)cc2Cl)ccc2c(CC)noc12. The summed E-state index contributed by atoms with van der Waals surface area (Å²) in [7, 11) is 0. The van der Waals surface area contributed by atoms with Crippen LogP contribution in [0.5, 0.6) is 5.75 Å². The molecule has 0 aliphatic rings. The van der Waals surface area contributed by atoms with Crippen molar-refractivity contribution >= 4 is 40.3 Å². The number of hydrogen-bond acceptors (Lipinski definition) is 5. The predicted octanol–water partition coefficient (Wildman–Crippen LogP) is 6.35. The number of thioether (sulfide) groups is 1. The highest BCUT2D eigenvalue weighted by atomic mass is 35.5. The van der Waals surface area contributed by atoms with E-state index in [1.165, 1.54) is 0 Å². The van der Waals surface area contributed by atoms with Crippen molar-refractivity contribution in [2.75, 3.05) is 12.4 Å². The fourth-order valence-electron chi connectivity index (χ4n) is 3.33. The van der Waals surface area contributed by atoms with Crippen LogP contribution in [0.25, 0.3) is 11.0 Å². The quantitative estimate of drug-likeness (QED) is 0.266. The molecule has 3 rings (SSSR count). The van der Waals surface area contributed by atoms with E-state index in [4.69, 9.17) is 26.0 Å². The summed E-state index contributed by atoms with van der Waals surface area (Å²) < 4.78 is 11.6. The second-order valence-electron chi connectivity index (χ2n) is 7.08. The van der Waals surface area contributed by atoms with E-state index in [-0.39, 0.29) is 6.42 Å². The van der Waals surface area contributed by atoms with Crippen molar-refractivity contribution in [3.63, 3.8) is 0 Å².